The number of allylic oxidation sites excluding steroid dienone is 2. The van der Waals surface area contributed by atoms with E-state index in [1.807, 2.05) is 0 Å². The lowest BCUT2D eigenvalue weighted by molar-refractivity contribution is -0.359. The fraction of sp³-hybridized carbons (Fsp3) is 0.909. The van der Waals surface area contributed by atoms with Gasteiger partial charge in [0.15, 0.2) is 12.6 Å². The smallest absolute Gasteiger partial charge is 0.305 e. The molecule has 0 saturated carbocycles. The molecule has 7 N–H and O–H groups in total. The average molecular weight is 665 g/mol. The van der Waals surface area contributed by atoms with Gasteiger partial charge in [-0.2, -0.15) is 0 Å². The first-order valence-corrected chi connectivity index (χ1v) is 17.3. The Balaban J connectivity index is 1.54. The van der Waals surface area contributed by atoms with Crippen molar-refractivity contribution >= 4 is 5.97 Å². The van der Waals surface area contributed by atoms with Crippen LogP contribution in [0.2, 0.25) is 0 Å². The SMILES string of the molecule is CCCCCCCCC=CCCCCCCCC(=O)OCCCOC1OC(CO)C(OC2OC(CO)C(O)C(O)C2O)C(O)C1O. The predicted molar refractivity (Wildman–Crippen MR) is 167 cm³/mol. The van der Waals surface area contributed by atoms with Crippen molar-refractivity contribution in [3.63, 3.8) is 0 Å². The van der Waals surface area contributed by atoms with Gasteiger partial charge in [-0.25, -0.2) is 0 Å². The molecule has 0 amide bonds. The lowest BCUT2D eigenvalue weighted by atomic mass is 9.97. The first-order chi connectivity index (χ1) is 22.2. The van der Waals surface area contributed by atoms with E-state index in [1.54, 1.807) is 0 Å². The van der Waals surface area contributed by atoms with Crippen molar-refractivity contribution in [3.05, 3.63) is 12.2 Å². The first kappa shape index (κ1) is 40.9. The molecule has 2 aliphatic heterocycles. The second kappa shape index (κ2) is 24.0. The number of rotatable bonds is 24. The number of hydrogen-bond acceptors (Lipinski definition) is 13. The van der Waals surface area contributed by atoms with E-state index in [4.69, 9.17) is 23.7 Å². The summed E-state index contributed by atoms with van der Waals surface area (Å²) in [5.74, 6) is -0.282. The summed E-state index contributed by atoms with van der Waals surface area (Å²) >= 11 is 0. The summed E-state index contributed by atoms with van der Waals surface area (Å²) in [6.45, 7) is 1.05. The molecule has 2 rings (SSSR count). The van der Waals surface area contributed by atoms with E-state index in [9.17, 15) is 40.5 Å². The molecule has 0 aliphatic carbocycles. The van der Waals surface area contributed by atoms with Gasteiger partial charge in [-0.05, 0) is 32.1 Å². The Bertz CT molecular complexity index is 810. The lowest BCUT2D eigenvalue weighted by Crippen LogP contribution is -2.64. The third-order valence-corrected chi connectivity index (χ3v) is 8.44. The Morgan fingerprint density at radius 2 is 1.20 bits per heavy atom. The van der Waals surface area contributed by atoms with Gasteiger partial charge in [0.05, 0.1) is 26.4 Å². The fourth-order valence-electron chi connectivity index (χ4n) is 5.55. The molecule has 10 atom stereocenters. The molecule has 13 nitrogen and oxygen atoms in total. The minimum atomic E-state index is -1.74. The number of aliphatic hydroxyl groups excluding tert-OH is 7. The summed E-state index contributed by atoms with van der Waals surface area (Å²) in [4.78, 5) is 12.0. The zero-order chi connectivity index (χ0) is 33.7. The van der Waals surface area contributed by atoms with Crippen LogP contribution in [0.4, 0.5) is 0 Å². The molecule has 13 heteroatoms. The van der Waals surface area contributed by atoms with Gasteiger partial charge in [-0.3, -0.25) is 4.79 Å². The standard InChI is InChI=1S/C33H60O13/c1-2-3-4-5-6-7-8-9-10-11-12-13-14-15-16-18-25(36)42-19-17-20-43-32-30(41)28(39)31(24(22-35)45-32)46-33-29(40)27(38)26(37)23(21-34)44-33/h9-10,23-24,26-35,37-41H,2-8,11-22H2,1H3. The molecule has 0 spiro atoms. The maximum atomic E-state index is 12.0. The summed E-state index contributed by atoms with van der Waals surface area (Å²) in [5, 5.41) is 70.5. The highest BCUT2D eigenvalue weighted by molar-refractivity contribution is 5.69. The topological polar surface area (TPSA) is 205 Å². The van der Waals surface area contributed by atoms with Crippen LogP contribution in [0.25, 0.3) is 0 Å². The quantitative estimate of drug-likeness (QED) is 0.0446. The summed E-state index contributed by atoms with van der Waals surface area (Å²) in [7, 11) is 0. The molecular formula is C33H60O13. The zero-order valence-electron chi connectivity index (χ0n) is 27.4. The van der Waals surface area contributed by atoms with Gasteiger partial charge in [0.2, 0.25) is 0 Å². The number of aliphatic hydroxyl groups is 7. The number of hydrogen-bond donors (Lipinski definition) is 7. The molecule has 2 saturated heterocycles. The van der Waals surface area contributed by atoms with E-state index in [0.717, 1.165) is 32.1 Å². The molecule has 46 heavy (non-hydrogen) atoms. The van der Waals surface area contributed by atoms with Crippen molar-refractivity contribution in [2.45, 2.75) is 165 Å². The summed E-state index contributed by atoms with van der Waals surface area (Å²) in [5.41, 5.74) is 0. The van der Waals surface area contributed by atoms with E-state index in [2.05, 4.69) is 19.1 Å². The highest BCUT2D eigenvalue weighted by Crippen LogP contribution is 2.29. The highest BCUT2D eigenvalue weighted by atomic mass is 16.7. The van der Waals surface area contributed by atoms with Crippen LogP contribution in [0.15, 0.2) is 12.2 Å². The van der Waals surface area contributed by atoms with Crippen LogP contribution in [0, 0.1) is 0 Å². The van der Waals surface area contributed by atoms with Crippen LogP contribution in [0.3, 0.4) is 0 Å². The van der Waals surface area contributed by atoms with Crippen molar-refractivity contribution < 1.29 is 64.2 Å². The van der Waals surface area contributed by atoms with E-state index < -0.39 is 74.6 Å². The van der Waals surface area contributed by atoms with Crippen molar-refractivity contribution in [2.75, 3.05) is 26.4 Å². The van der Waals surface area contributed by atoms with Gasteiger partial charge in [-0.1, -0.05) is 70.4 Å². The molecule has 0 aromatic rings. The molecule has 0 aromatic heterocycles. The lowest BCUT2D eigenvalue weighted by Gasteiger charge is -2.45. The molecule has 2 fully saturated rings. The molecule has 270 valence electrons. The summed E-state index contributed by atoms with van der Waals surface area (Å²) in [6, 6.07) is 0. The molecule has 0 aromatic carbocycles. The Kier molecular flexibility index (Phi) is 21.4. The van der Waals surface area contributed by atoms with E-state index >= 15 is 0 Å². The Morgan fingerprint density at radius 3 is 1.83 bits per heavy atom. The van der Waals surface area contributed by atoms with Gasteiger partial charge in [0.1, 0.15) is 48.8 Å². The third kappa shape index (κ3) is 14.5. The monoisotopic (exact) mass is 664 g/mol. The number of unbranched alkanes of at least 4 members (excludes halogenated alkanes) is 11. The van der Waals surface area contributed by atoms with Gasteiger partial charge < -0.3 is 59.4 Å². The Hall–Kier alpha value is -1.23. The minimum Gasteiger partial charge on any atom is -0.466 e. The summed E-state index contributed by atoms with van der Waals surface area (Å²) < 4.78 is 27.1. The second-order valence-corrected chi connectivity index (χ2v) is 12.3. The van der Waals surface area contributed by atoms with E-state index in [1.165, 1.54) is 51.4 Å². The molecule has 0 radical (unpaired) electrons. The Labute approximate surface area is 273 Å². The third-order valence-electron chi connectivity index (χ3n) is 8.44. The van der Waals surface area contributed by atoms with Crippen molar-refractivity contribution in [3.8, 4) is 0 Å². The zero-order valence-corrected chi connectivity index (χ0v) is 27.4. The van der Waals surface area contributed by atoms with Crippen molar-refractivity contribution in [1.29, 1.82) is 0 Å². The minimum absolute atomic E-state index is 0.0332. The maximum absolute atomic E-state index is 12.0. The highest BCUT2D eigenvalue weighted by Gasteiger charge is 2.50. The molecule has 2 aliphatic rings. The van der Waals surface area contributed by atoms with Crippen LogP contribution in [0.1, 0.15) is 103 Å². The molecule has 0 bridgehead atoms. The van der Waals surface area contributed by atoms with Crippen molar-refractivity contribution in [2.24, 2.45) is 0 Å². The fourth-order valence-corrected chi connectivity index (χ4v) is 5.55. The number of ether oxygens (including phenoxy) is 5. The second-order valence-electron chi connectivity index (χ2n) is 12.3. The maximum Gasteiger partial charge on any atom is 0.305 e. The van der Waals surface area contributed by atoms with Crippen LogP contribution in [-0.4, -0.2) is 130 Å². The average Bonchev–Trinajstić information content (AvgIpc) is 3.05. The van der Waals surface area contributed by atoms with Gasteiger partial charge in [-0.15, -0.1) is 0 Å². The van der Waals surface area contributed by atoms with Crippen molar-refractivity contribution in [1.82, 2.24) is 0 Å². The van der Waals surface area contributed by atoms with Gasteiger partial charge >= 0.3 is 5.97 Å². The largest absolute Gasteiger partial charge is 0.466 e. The van der Waals surface area contributed by atoms with E-state index in [-0.39, 0.29) is 19.2 Å². The molecule has 2 heterocycles. The summed E-state index contributed by atoms with van der Waals surface area (Å²) in [6.07, 6.45) is 5.58. The van der Waals surface area contributed by atoms with Crippen LogP contribution < -0.4 is 0 Å². The number of carbonyl (C=O) groups is 1. The predicted octanol–water partition coefficient (Wildman–Crippen LogP) is 1.60. The van der Waals surface area contributed by atoms with Gasteiger partial charge in [0.25, 0.3) is 0 Å². The molecule has 10 unspecified atom stereocenters. The molecular weight excluding hydrogens is 604 g/mol. The van der Waals surface area contributed by atoms with Crippen LogP contribution in [-0.2, 0) is 28.5 Å². The van der Waals surface area contributed by atoms with Crippen LogP contribution in [0.5, 0.6) is 0 Å². The van der Waals surface area contributed by atoms with Crippen LogP contribution >= 0.6 is 0 Å². The first-order valence-electron chi connectivity index (χ1n) is 17.3. The Morgan fingerprint density at radius 1 is 0.630 bits per heavy atom. The normalized spacial score (nSPS) is 31.8. The van der Waals surface area contributed by atoms with E-state index in [0.29, 0.717) is 12.8 Å². The van der Waals surface area contributed by atoms with Gasteiger partial charge in [0, 0.05) is 12.8 Å². The number of carbonyl (C=O) groups excluding carboxylic acids is 1. The number of esters is 1.